The number of nitrogens with two attached hydrogens (primary N) is 1. The van der Waals surface area contributed by atoms with Crippen molar-refractivity contribution in [1.29, 1.82) is 0 Å². The van der Waals surface area contributed by atoms with Gasteiger partial charge in [0.25, 0.3) is 0 Å². The molecule has 1 aromatic rings. The zero-order chi connectivity index (χ0) is 19.2. The van der Waals surface area contributed by atoms with Crippen molar-refractivity contribution in [2.24, 2.45) is 23.5 Å². The molecule has 4 atom stereocenters. The second-order valence-electron chi connectivity index (χ2n) is 8.87. The van der Waals surface area contributed by atoms with Gasteiger partial charge in [0.1, 0.15) is 5.37 Å². The summed E-state index contributed by atoms with van der Waals surface area (Å²) in [4.78, 5) is 2.77. The fourth-order valence-corrected chi connectivity index (χ4v) is 7.93. The highest BCUT2D eigenvalue weighted by Crippen LogP contribution is 2.46. The topological polar surface area (TPSA) is 72.6 Å². The molecular weight excluding hydrogens is 360 g/mol. The number of ether oxygens (including phenoxy) is 1. The highest BCUT2D eigenvalue weighted by molar-refractivity contribution is 7.92. The van der Waals surface area contributed by atoms with Gasteiger partial charge in [-0.2, -0.15) is 0 Å². The molecule has 5 nitrogen and oxygen atoms in total. The first kappa shape index (κ1) is 19.4. The van der Waals surface area contributed by atoms with Crippen molar-refractivity contribution >= 4 is 9.84 Å². The molecule has 0 aromatic heterocycles. The summed E-state index contributed by atoms with van der Waals surface area (Å²) in [6, 6.07) is 5.83. The molecule has 2 N–H and O–H groups in total. The second kappa shape index (κ2) is 7.47. The van der Waals surface area contributed by atoms with E-state index in [-0.39, 0.29) is 12.0 Å². The van der Waals surface area contributed by atoms with E-state index in [0.717, 1.165) is 63.1 Å². The van der Waals surface area contributed by atoms with Crippen LogP contribution in [0.15, 0.2) is 23.1 Å². The summed E-state index contributed by atoms with van der Waals surface area (Å²) < 4.78 is 33.0. The van der Waals surface area contributed by atoms with Crippen LogP contribution in [0.2, 0.25) is 0 Å². The van der Waals surface area contributed by atoms with E-state index >= 15 is 0 Å². The molecule has 0 radical (unpaired) electrons. The predicted octanol–water partition coefficient (Wildman–Crippen LogP) is 2.50. The average molecular weight is 393 g/mol. The number of benzene rings is 1. The first-order valence-electron chi connectivity index (χ1n) is 10.2. The quantitative estimate of drug-likeness (QED) is 0.852. The summed E-state index contributed by atoms with van der Waals surface area (Å²) in [5.41, 5.74) is 8.17. The van der Waals surface area contributed by atoms with E-state index in [1.54, 1.807) is 6.07 Å². The third kappa shape index (κ3) is 3.69. The number of aryl methyl sites for hydroxylation is 2. The first-order chi connectivity index (χ1) is 12.9. The maximum atomic E-state index is 13.8. The molecule has 0 unspecified atom stereocenters. The van der Waals surface area contributed by atoms with Crippen LogP contribution in [0, 0.1) is 31.6 Å². The largest absolute Gasteiger partial charge is 0.381 e. The zero-order valence-electron chi connectivity index (χ0n) is 16.4. The molecule has 2 aliphatic heterocycles. The van der Waals surface area contributed by atoms with Crippen LogP contribution in [0.1, 0.15) is 36.8 Å². The maximum Gasteiger partial charge on any atom is 0.194 e. The number of fused-ring (bicyclic) bond motifs is 1. The molecule has 27 heavy (non-hydrogen) atoms. The second-order valence-corrected chi connectivity index (χ2v) is 10.9. The summed E-state index contributed by atoms with van der Waals surface area (Å²) in [5, 5.41) is -0.430. The van der Waals surface area contributed by atoms with Crippen LogP contribution in [0.5, 0.6) is 0 Å². The van der Waals surface area contributed by atoms with Crippen LogP contribution in [-0.4, -0.2) is 51.0 Å². The van der Waals surface area contributed by atoms with Gasteiger partial charge in [0.2, 0.25) is 0 Å². The predicted molar refractivity (Wildman–Crippen MR) is 106 cm³/mol. The van der Waals surface area contributed by atoms with Gasteiger partial charge in [0, 0.05) is 32.3 Å². The number of hydrogen-bond donors (Lipinski definition) is 1. The Labute approximate surface area is 163 Å². The number of rotatable bonds is 4. The number of nitrogens with zero attached hydrogens (tertiary/aromatic N) is 1. The molecule has 0 amide bonds. The van der Waals surface area contributed by atoms with Crippen molar-refractivity contribution in [2.75, 3.05) is 26.3 Å². The van der Waals surface area contributed by atoms with Gasteiger partial charge in [-0.25, -0.2) is 8.42 Å². The summed E-state index contributed by atoms with van der Waals surface area (Å²) >= 11 is 0. The molecule has 0 spiro atoms. The van der Waals surface area contributed by atoms with Crippen molar-refractivity contribution < 1.29 is 13.2 Å². The molecule has 0 bridgehead atoms. The fourth-order valence-electron chi connectivity index (χ4n) is 5.55. The Balaban J connectivity index is 1.66. The molecule has 2 heterocycles. The van der Waals surface area contributed by atoms with Gasteiger partial charge < -0.3 is 10.5 Å². The van der Waals surface area contributed by atoms with Crippen LogP contribution in [-0.2, 0) is 14.6 Å². The summed E-state index contributed by atoms with van der Waals surface area (Å²) in [6.07, 6.45) is 3.83. The molecular formula is C21H32N2O3S. The van der Waals surface area contributed by atoms with E-state index in [0.29, 0.717) is 16.7 Å². The smallest absolute Gasteiger partial charge is 0.194 e. The molecule has 3 aliphatic rings. The lowest BCUT2D eigenvalue weighted by Crippen LogP contribution is -2.43. The van der Waals surface area contributed by atoms with Crippen LogP contribution >= 0.6 is 0 Å². The van der Waals surface area contributed by atoms with Gasteiger partial charge in [-0.1, -0.05) is 17.7 Å². The SMILES string of the molecule is Cc1ccc(S(=O)(=O)[C@@H]2[C@@H]3C[C@H](N)C[C@H]3CN2CC2CCOCC2)c(C)c1. The lowest BCUT2D eigenvalue weighted by Gasteiger charge is -2.33. The minimum atomic E-state index is -3.42. The number of hydrogen-bond acceptors (Lipinski definition) is 5. The Bertz CT molecular complexity index is 789. The van der Waals surface area contributed by atoms with Crippen molar-refractivity contribution in [3.05, 3.63) is 29.3 Å². The van der Waals surface area contributed by atoms with E-state index in [2.05, 4.69) is 4.90 Å². The lowest BCUT2D eigenvalue weighted by molar-refractivity contribution is 0.0528. The van der Waals surface area contributed by atoms with E-state index in [1.807, 2.05) is 26.0 Å². The summed E-state index contributed by atoms with van der Waals surface area (Å²) in [5.74, 6) is 1.10. The average Bonchev–Trinajstić information content (AvgIpc) is 3.10. The van der Waals surface area contributed by atoms with Crippen LogP contribution in [0.4, 0.5) is 0 Å². The number of sulfone groups is 1. The lowest BCUT2D eigenvalue weighted by atomic mass is 10.00. The standard InChI is InChI=1S/C21H32N2O3S/c1-14-3-4-20(15(2)9-14)27(24,25)21-19-11-18(22)10-17(19)13-23(21)12-16-5-7-26-8-6-16/h3-4,9,16-19,21H,5-8,10-13,22H2,1-2H3/t17-,18+,19+,21+/m0/s1. The van der Waals surface area contributed by atoms with Gasteiger partial charge in [0.05, 0.1) is 4.90 Å². The molecule has 4 rings (SSSR count). The monoisotopic (exact) mass is 392 g/mol. The third-order valence-electron chi connectivity index (χ3n) is 6.77. The highest BCUT2D eigenvalue weighted by Gasteiger charge is 2.52. The Morgan fingerprint density at radius 3 is 2.63 bits per heavy atom. The Kier molecular flexibility index (Phi) is 5.36. The maximum absolute atomic E-state index is 13.8. The minimum Gasteiger partial charge on any atom is -0.381 e. The Hall–Kier alpha value is -0.950. The van der Waals surface area contributed by atoms with E-state index in [1.165, 1.54) is 0 Å². The molecule has 3 fully saturated rings. The molecule has 1 aliphatic carbocycles. The van der Waals surface area contributed by atoms with Crippen molar-refractivity contribution in [2.45, 2.75) is 55.8 Å². The summed E-state index contributed by atoms with van der Waals surface area (Å²) in [6.45, 7) is 7.23. The zero-order valence-corrected chi connectivity index (χ0v) is 17.2. The van der Waals surface area contributed by atoms with Gasteiger partial charge in [-0.05, 0) is 68.9 Å². The normalized spacial score (nSPS) is 32.7. The minimum absolute atomic E-state index is 0.141. The van der Waals surface area contributed by atoms with Crippen LogP contribution in [0.3, 0.4) is 0 Å². The van der Waals surface area contributed by atoms with Gasteiger partial charge in [0.15, 0.2) is 9.84 Å². The summed E-state index contributed by atoms with van der Waals surface area (Å²) in [7, 11) is -3.42. The van der Waals surface area contributed by atoms with E-state index < -0.39 is 15.2 Å². The fraction of sp³-hybridized carbons (Fsp3) is 0.714. The molecule has 6 heteroatoms. The van der Waals surface area contributed by atoms with E-state index in [4.69, 9.17) is 10.5 Å². The van der Waals surface area contributed by atoms with Crippen molar-refractivity contribution in [1.82, 2.24) is 4.90 Å². The highest BCUT2D eigenvalue weighted by atomic mass is 32.2. The third-order valence-corrected chi connectivity index (χ3v) is 9.12. The first-order valence-corrected chi connectivity index (χ1v) is 11.8. The van der Waals surface area contributed by atoms with Crippen LogP contribution < -0.4 is 5.73 Å². The molecule has 1 aromatic carbocycles. The van der Waals surface area contributed by atoms with Gasteiger partial charge >= 0.3 is 0 Å². The van der Waals surface area contributed by atoms with E-state index in [9.17, 15) is 8.42 Å². The van der Waals surface area contributed by atoms with Crippen molar-refractivity contribution in [3.63, 3.8) is 0 Å². The Morgan fingerprint density at radius 2 is 1.93 bits per heavy atom. The Morgan fingerprint density at radius 1 is 1.19 bits per heavy atom. The van der Waals surface area contributed by atoms with Crippen molar-refractivity contribution in [3.8, 4) is 0 Å². The molecule has 150 valence electrons. The number of likely N-dealkylation sites (tertiary alicyclic amines) is 1. The molecule has 2 saturated heterocycles. The van der Waals surface area contributed by atoms with Gasteiger partial charge in [-0.3, -0.25) is 4.90 Å². The van der Waals surface area contributed by atoms with Gasteiger partial charge in [-0.15, -0.1) is 0 Å². The molecule has 1 saturated carbocycles. The van der Waals surface area contributed by atoms with Crippen LogP contribution in [0.25, 0.3) is 0 Å².